The highest BCUT2D eigenvalue weighted by atomic mass is 14.5. The van der Waals surface area contributed by atoms with Gasteiger partial charge in [-0.15, -0.1) is 0 Å². The third-order valence-corrected chi connectivity index (χ3v) is 0.692. The van der Waals surface area contributed by atoms with E-state index in [1.54, 1.807) is 12.2 Å². The van der Waals surface area contributed by atoms with E-state index in [2.05, 4.69) is 6.58 Å². The van der Waals surface area contributed by atoms with Crippen LogP contribution in [0, 0.1) is 0 Å². The highest BCUT2D eigenvalue weighted by Gasteiger charge is 1.57. The molecule has 0 bridgehead atoms. The lowest BCUT2D eigenvalue weighted by Crippen LogP contribution is -1.71. The topological polar surface area (TPSA) is 26.0 Å². The first-order valence-electron chi connectivity index (χ1n) is 2.74. The maximum absolute atomic E-state index is 5.07. The predicted octanol–water partition coefficient (Wildman–Crippen LogP) is 1.76. The molecule has 0 aromatic rings. The zero-order chi connectivity index (χ0) is 6.95. The van der Waals surface area contributed by atoms with Crippen molar-refractivity contribution in [2.45, 2.75) is 0 Å². The summed E-state index contributed by atoms with van der Waals surface area (Å²) in [5.74, 6) is 0. The summed E-state index contributed by atoms with van der Waals surface area (Å²) in [6, 6.07) is 0. The van der Waals surface area contributed by atoms with Crippen molar-refractivity contribution in [3.63, 3.8) is 0 Å². The zero-order valence-electron chi connectivity index (χ0n) is 5.33. The van der Waals surface area contributed by atoms with Gasteiger partial charge in [-0.05, 0) is 12.3 Å². The van der Waals surface area contributed by atoms with E-state index in [4.69, 9.17) is 5.73 Å². The standard InChI is InChI=1S/C8H11N/c1-2-3-4-5-6-7-8-9/h2-8H,1,9H2/b4-3?,6-5+,8-7+. The number of nitrogens with two attached hydrogens (primary N) is 1. The molecule has 0 fully saturated rings. The van der Waals surface area contributed by atoms with Crippen LogP contribution >= 0.6 is 0 Å². The first-order chi connectivity index (χ1) is 4.41. The Morgan fingerprint density at radius 2 is 1.44 bits per heavy atom. The molecule has 0 aliphatic rings. The molecular weight excluding hydrogens is 110 g/mol. The van der Waals surface area contributed by atoms with Crippen LogP contribution in [0.25, 0.3) is 0 Å². The Labute approximate surface area is 55.9 Å². The van der Waals surface area contributed by atoms with Crippen molar-refractivity contribution in [3.05, 3.63) is 49.2 Å². The van der Waals surface area contributed by atoms with Crippen LogP contribution in [-0.4, -0.2) is 0 Å². The van der Waals surface area contributed by atoms with Gasteiger partial charge in [0, 0.05) is 0 Å². The first kappa shape index (κ1) is 7.76. The molecule has 0 aromatic carbocycles. The lowest BCUT2D eigenvalue weighted by molar-refractivity contribution is 1.60. The Morgan fingerprint density at radius 3 is 2.00 bits per heavy atom. The first-order valence-corrected chi connectivity index (χ1v) is 2.74. The monoisotopic (exact) mass is 121 g/mol. The minimum Gasteiger partial charge on any atom is -0.405 e. The Bertz CT molecular complexity index is 141. The van der Waals surface area contributed by atoms with Gasteiger partial charge in [-0.2, -0.15) is 0 Å². The van der Waals surface area contributed by atoms with E-state index in [9.17, 15) is 0 Å². The van der Waals surface area contributed by atoms with Crippen molar-refractivity contribution >= 4 is 0 Å². The summed E-state index contributed by atoms with van der Waals surface area (Å²) in [4.78, 5) is 0. The Morgan fingerprint density at radius 1 is 0.889 bits per heavy atom. The smallest absolute Gasteiger partial charge is 0.00624 e. The van der Waals surface area contributed by atoms with E-state index in [0.717, 1.165) is 0 Å². The van der Waals surface area contributed by atoms with Crippen LogP contribution in [0.3, 0.4) is 0 Å². The van der Waals surface area contributed by atoms with Gasteiger partial charge in [-0.25, -0.2) is 0 Å². The fourth-order valence-electron chi connectivity index (χ4n) is 0.335. The summed E-state index contributed by atoms with van der Waals surface area (Å²) in [5.41, 5.74) is 5.07. The molecule has 0 aromatic heterocycles. The summed E-state index contributed by atoms with van der Waals surface area (Å²) in [6.07, 6.45) is 12.4. The quantitative estimate of drug-likeness (QED) is 0.566. The number of rotatable bonds is 3. The molecule has 0 aliphatic carbocycles. The highest BCUT2D eigenvalue weighted by molar-refractivity contribution is 5.13. The van der Waals surface area contributed by atoms with E-state index in [-0.39, 0.29) is 0 Å². The fraction of sp³-hybridized carbons (Fsp3) is 0. The molecule has 48 valence electrons. The SMILES string of the molecule is C=CC=C/C=C/C=C/N. The largest absolute Gasteiger partial charge is 0.405 e. The van der Waals surface area contributed by atoms with Gasteiger partial charge in [-0.1, -0.05) is 37.0 Å². The van der Waals surface area contributed by atoms with Crippen LogP contribution in [0.15, 0.2) is 49.2 Å². The molecule has 0 saturated heterocycles. The summed E-state index contributed by atoms with van der Waals surface area (Å²) < 4.78 is 0. The number of hydrogen-bond acceptors (Lipinski definition) is 1. The molecule has 1 nitrogen and oxygen atoms in total. The molecule has 2 N–H and O–H groups in total. The van der Waals surface area contributed by atoms with Gasteiger partial charge in [-0.3, -0.25) is 0 Å². The van der Waals surface area contributed by atoms with Crippen LogP contribution < -0.4 is 5.73 Å². The van der Waals surface area contributed by atoms with Crippen LogP contribution in [0.2, 0.25) is 0 Å². The lowest BCUT2D eigenvalue weighted by atomic mass is 10.4. The van der Waals surface area contributed by atoms with Gasteiger partial charge < -0.3 is 5.73 Å². The molecule has 0 heterocycles. The minimum absolute atomic E-state index is 1.48. The second kappa shape index (κ2) is 6.76. The second-order valence-corrected chi connectivity index (χ2v) is 1.39. The third-order valence-electron chi connectivity index (χ3n) is 0.692. The predicted molar refractivity (Wildman–Crippen MR) is 41.8 cm³/mol. The van der Waals surface area contributed by atoms with Crippen molar-refractivity contribution in [2.24, 2.45) is 5.73 Å². The normalized spacial score (nSPS) is 12.0. The van der Waals surface area contributed by atoms with Crippen LogP contribution in [0.4, 0.5) is 0 Å². The number of allylic oxidation sites excluding steroid dienone is 6. The summed E-state index contributed by atoms with van der Waals surface area (Å²) in [6.45, 7) is 3.52. The summed E-state index contributed by atoms with van der Waals surface area (Å²) in [7, 11) is 0. The van der Waals surface area contributed by atoms with E-state index in [1.807, 2.05) is 24.3 Å². The maximum atomic E-state index is 5.07. The van der Waals surface area contributed by atoms with Gasteiger partial charge >= 0.3 is 0 Å². The van der Waals surface area contributed by atoms with E-state index >= 15 is 0 Å². The molecule has 9 heavy (non-hydrogen) atoms. The van der Waals surface area contributed by atoms with Crippen molar-refractivity contribution in [1.82, 2.24) is 0 Å². The van der Waals surface area contributed by atoms with Crippen molar-refractivity contribution in [3.8, 4) is 0 Å². The molecule has 0 unspecified atom stereocenters. The molecule has 0 atom stereocenters. The van der Waals surface area contributed by atoms with E-state index in [1.165, 1.54) is 6.20 Å². The molecule has 0 saturated carbocycles. The van der Waals surface area contributed by atoms with E-state index in [0.29, 0.717) is 0 Å². The Balaban J connectivity index is 3.46. The molecule has 1 heteroatoms. The van der Waals surface area contributed by atoms with Crippen molar-refractivity contribution in [2.75, 3.05) is 0 Å². The van der Waals surface area contributed by atoms with Crippen LogP contribution in [0.5, 0.6) is 0 Å². The minimum atomic E-state index is 1.48. The lowest BCUT2D eigenvalue weighted by Gasteiger charge is -1.69. The molecule has 0 spiro atoms. The average molecular weight is 121 g/mol. The van der Waals surface area contributed by atoms with Crippen LogP contribution in [0.1, 0.15) is 0 Å². The molecule has 0 radical (unpaired) electrons. The summed E-state index contributed by atoms with van der Waals surface area (Å²) >= 11 is 0. The van der Waals surface area contributed by atoms with Gasteiger partial charge in [0.25, 0.3) is 0 Å². The Kier molecular flexibility index (Phi) is 5.83. The Hall–Kier alpha value is -1.24. The van der Waals surface area contributed by atoms with Crippen molar-refractivity contribution < 1.29 is 0 Å². The van der Waals surface area contributed by atoms with Gasteiger partial charge in [0.2, 0.25) is 0 Å². The molecular formula is C8H11N. The summed E-state index contributed by atoms with van der Waals surface area (Å²) in [5, 5.41) is 0. The second-order valence-electron chi connectivity index (χ2n) is 1.39. The highest BCUT2D eigenvalue weighted by Crippen LogP contribution is 1.77. The zero-order valence-corrected chi connectivity index (χ0v) is 5.33. The number of hydrogen-bond donors (Lipinski definition) is 1. The third kappa shape index (κ3) is 6.76. The average Bonchev–Trinajstić information content (AvgIpc) is 1.89. The van der Waals surface area contributed by atoms with Crippen molar-refractivity contribution in [1.29, 1.82) is 0 Å². The molecule has 0 amide bonds. The fourth-order valence-corrected chi connectivity index (χ4v) is 0.335. The van der Waals surface area contributed by atoms with Crippen LogP contribution in [-0.2, 0) is 0 Å². The van der Waals surface area contributed by atoms with Gasteiger partial charge in [0.15, 0.2) is 0 Å². The van der Waals surface area contributed by atoms with Gasteiger partial charge in [0.05, 0.1) is 0 Å². The maximum Gasteiger partial charge on any atom is -0.00624 e. The van der Waals surface area contributed by atoms with E-state index < -0.39 is 0 Å². The van der Waals surface area contributed by atoms with Gasteiger partial charge in [0.1, 0.15) is 0 Å². The molecule has 0 aliphatic heterocycles. The molecule has 0 rings (SSSR count).